The number of hydrogen-bond acceptors (Lipinski definition) is 2. The van der Waals surface area contributed by atoms with Gasteiger partial charge in [-0.15, -0.1) is 0 Å². The highest BCUT2D eigenvalue weighted by Crippen LogP contribution is 2.17. The molecule has 66 valence electrons. The summed E-state index contributed by atoms with van der Waals surface area (Å²) in [6.45, 7) is 4.42. The van der Waals surface area contributed by atoms with Crippen LogP contribution < -0.4 is 0 Å². The fraction of sp³-hybridized carbons (Fsp3) is 0.600. The molecule has 0 radical (unpaired) electrons. The molecule has 0 aliphatic heterocycles. The third-order valence-corrected chi connectivity index (χ3v) is 2.08. The van der Waals surface area contributed by atoms with E-state index in [0.29, 0.717) is 5.92 Å². The van der Waals surface area contributed by atoms with Crippen molar-refractivity contribution in [2.45, 2.75) is 39.0 Å². The highest BCUT2D eigenvalue weighted by molar-refractivity contribution is 5.01. The van der Waals surface area contributed by atoms with Gasteiger partial charge < -0.3 is 0 Å². The van der Waals surface area contributed by atoms with Gasteiger partial charge in [-0.25, -0.2) is 0 Å². The predicted molar refractivity (Wildman–Crippen MR) is 50.0 cm³/mol. The first kappa shape index (κ1) is 9.17. The molecule has 1 heterocycles. The molecule has 0 spiro atoms. The van der Waals surface area contributed by atoms with Crippen molar-refractivity contribution in [1.29, 1.82) is 0 Å². The van der Waals surface area contributed by atoms with E-state index in [9.17, 15) is 0 Å². The minimum absolute atomic E-state index is 0.554. The maximum Gasteiger partial charge on any atom is 0.0614 e. The van der Waals surface area contributed by atoms with Gasteiger partial charge in [-0.1, -0.05) is 26.7 Å². The van der Waals surface area contributed by atoms with Gasteiger partial charge in [-0.05, 0) is 12.3 Å². The van der Waals surface area contributed by atoms with Gasteiger partial charge in [0.2, 0.25) is 0 Å². The van der Waals surface area contributed by atoms with E-state index in [4.69, 9.17) is 0 Å². The van der Waals surface area contributed by atoms with Crippen molar-refractivity contribution in [1.82, 2.24) is 9.97 Å². The molecule has 12 heavy (non-hydrogen) atoms. The minimum Gasteiger partial charge on any atom is -0.261 e. The van der Waals surface area contributed by atoms with Crippen LogP contribution in [-0.4, -0.2) is 9.97 Å². The maximum absolute atomic E-state index is 4.27. The van der Waals surface area contributed by atoms with Crippen molar-refractivity contribution < 1.29 is 0 Å². The van der Waals surface area contributed by atoms with E-state index in [1.165, 1.54) is 19.3 Å². The summed E-state index contributed by atoms with van der Waals surface area (Å²) in [6, 6.07) is 0. The molecule has 0 amide bonds. The van der Waals surface area contributed by atoms with Crippen LogP contribution in [0.2, 0.25) is 0 Å². The highest BCUT2D eigenvalue weighted by atomic mass is 14.8. The summed E-state index contributed by atoms with van der Waals surface area (Å²) in [5.74, 6) is 0.554. The third-order valence-electron chi connectivity index (χ3n) is 2.08. The lowest BCUT2D eigenvalue weighted by atomic mass is 10.0. The Morgan fingerprint density at radius 2 is 2.25 bits per heavy atom. The lowest BCUT2D eigenvalue weighted by Gasteiger charge is -2.08. The molecular weight excluding hydrogens is 148 g/mol. The molecule has 0 saturated heterocycles. The van der Waals surface area contributed by atoms with Crippen molar-refractivity contribution in [2.24, 2.45) is 0 Å². The molecule has 1 rings (SSSR count). The summed E-state index contributed by atoms with van der Waals surface area (Å²) >= 11 is 0. The van der Waals surface area contributed by atoms with Gasteiger partial charge >= 0.3 is 0 Å². The van der Waals surface area contributed by atoms with Gasteiger partial charge in [0.1, 0.15) is 0 Å². The van der Waals surface area contributed by atoms with Crippen LogP contribution in [0.5, 0.6) is 0 Å². The first-order valence-electron chi connectivity index (χ1n) is 4.60. The standard InChI is InChI=1S/C10H16N2/c1-3-4-5-9(2)10-8-11-6-7-12-10/h6-9H,3-5H2,1-2H3/t9-/m1/s1. The lowest BCUT2D eigenvalue weighted by molar-refractivity contribution is 0.609. The largest absolute Gasteiger partial charge is 0.261 e. The van der Waals surface area contributed by atoms with Crippen LogP contribution in [0.3, 0.4) is 0 Å². The monoisotopic (exact) mass is 164 g/mol. The molecular formula is C10H16N2. The second-order valence-corrected chi connectivity index (χ2v) is 3.17. The summed E-state index contributed by atoms with van der Waals surface area (Å²) in [7, 11) is 0. The Labute approximate surface area is 74.1 Å². The van der Waals surface area contributed by atoms with Crippen molar-refractivity contribution in [3.8, 4) is 0 Å². The SMILES string of the molecule is CCCC[C@@H](C)c1cnccn1. The molecule has 0 N–H and O–H groups in total. The Balaban J connectivity index is 2.48. The smallest absolute Gasteiger partial charge is 0.0614 e. The Morgan fingerprint density at radius 3 is 2.83 bits per heavy atom. The lowest BCUT2D eigenvalue weighted by Crippen LogP contribution is -1.96. The summed E-state index contributed by atoms with van der Waals surface area (Å²) in [4.78, 5) is 8.32. The quantitative estimate of drug-likeness (QED) is 0.683. The number of unbranched alkanes of at least 4 members (excludes halogenated alkanes) is 1. The Kier molecular flexibility index (Phi) is 3.71. The number of nitrogens with zero attached hydrogens (tertiary/aromatic N) is 2. The Morgan fingerprint density at radius 1 is 1.42 bits per heavy atom. The molecule has 0 aromatic carbocycles. The minimum atomic E-state index is 0.554. The molecule has 2 nitrogen and oxygen atoms in total. The molecule has 0 fully saturated rings. The molecule has 0 saturated carbocycles. The van der Waals surface area contributed by atoms with Crippen LogP contribution in [0.25, 0.3) is 0 Å². The molecule has 2 heteroatoms. The van der Waals surface area contributed by atoms with Crippen molar-refractivity contribution in [2.75, 3.05) is 0 Å². The predicted octanol–water partition coefficient (Wildman–Crippen LogP) is 2.77. The Bertz CT molecular complexity index is 208. The maximum atomic E-state index is 4.27. The summed E-state index contributed by atoms with van der Waals surface area (Å²) in [6.07, 6.45) is 9.09. The van der Waals surface area contributed by atoms with E-state index in [-0.39, 0.29) is 0 Å². The van der Waals surface area contributed by atoms with Crippen LogP contribution >= 0.6 is 0 Å². The van der Waals surface area contributed by atoms with Gasteiger partial charge in [-0.3, -0.25) is 9.97 Å². The topological polar surface area (TPSA) is 25.8 Å². The van der Waals surface area contributed by atoms with E-state index in [0.717, 1.165) is 5.69 Å². The second kappa shape index (κ2) is 4.86. The van der Waals surface area contributed by atoms with Crippen LogP contribution in [0.15, 0.2) is 18.6 Å². The van der Waals surface area contributed by atoms with Crippen molar-refractivity contribution in [3.63, 3.8) is 0 Å². The zero-order valence-electron chi connectivity index (χ0n) is 7.83. The molecule has 0 aliphatic carbocycles. The number of rotatable bonds is 4. The van der Waals surface area contributed by atoms with Gasteiger partial charge in [0.15, 0.2) is 0 Å². The average Bonchev–Trinajstić information content (AvgIpc) is 2.15. The normalized spacial score (nSPS) is 12.8. The summed E-state index contributed by atoms with van der Waals surface area (Å²) in [5, 5.41) is 0. The van der Waals surface area contributed by atoms with Crippen LogP contribution in [-0.2, 0) is 0 Å². The van der Waals surface area contributed by atoms with E-state index in [1.54, 1.807) is 12.4 Å². The summed E-state index contributed by atoms with van der Waals surface area (Å²) in [5.41, 5.74) is 1.12. The fourth-order valence-electron chi connectivity index (χ4n) is 1.22. The average molecular weight is 164 g/mol. The molecule has 0 aliphatic rings. The van der Waals surface area contributed by atoms with Gasteiger partial charge in [0, 0.05) is 18.6 Å². The van der Waals surface area contributed by atoms with Gasteiger partial charge in [0.25, 0.3) is 0 Å². The van der Waals surface area contributed by atoms with Crippen molar-refractivity contribution >= 4 is 0 Å². The van der Waals surface area contributed by atoms with E-state index >= 15 is 0 Å². The first-order chi connectivity index (χ1) is 5.84. The first-order valence-corrected chi connectivity index (χ1v) is 4.60. The van der Waals surface area contributed by atoms with E-state index < -0.39 is 0 Å². The Hall–Kier alpha value is -0.920. The molecule has 0 bridgehead atoms. The fourth-order valence-corrected chi connectivity index (χ4v) is 1.22. The van der Waals surface area contributed by atoms with Crippen LogP contribution in [0, 0.1) is 0 Å². The molecule has 1 aromatic rings. The zero-order chi connectivity index (χ0) is 8.81. The van der Waals surface area contributed by atoms with Crippen LogP contribution in [0.1, 0.15) is 44.7 Å². The number of aromatic nitrogens is 2. The summed E-state index contributed by atoms with van der Waals surface area (Å²) < 4.78 is 0. The van der Waals surface area contributed by atoms with Gasteiger partial charge in [0.05, 0.1) is 5.69 Å². The van der Waals surface area contributed by atoms with Crippen molar-refractivity contribution in [3.05, 3.63) is 24.3 Å². The third kappa shape index (κ3) is 2.61. The van der Waals surface area contributed by atoms with Gasteiger partial charge in [-0.2, -0.15) is 0 Å². The number of hydrogen-bond donors (Lipinski definition) is 0. The molecule has 1 aromatic heterocycles. The van der Waals surface area contributed by atoms with Crippen LogP contribution in [0.4, 0.5) is 0 Å². The van der Waals surface area contributed by atoms with E-state index in [1.807, 2.05) is 6.20 Å². The molecule has 0 unspecified atom stereocenters. The second-order valence-electron chi connectivity index (χ2n) is 3.17. The highest BCUT2D eigenvalue weighted by Gasteiger charge is 2.04. The van der Waals surface area contributed by atoms with E-state index in [2.05, 4.69) is 23.8 Å². The molecule has 1 atom stereocenters. The zero-order valence-corrected chi connectivity index (χ0v) is 7.83.